The second kappa shape index (κ2) is 5.36. The molecular weight excluding hydrogens is 293 g/mol. The molecular formula is C12H15ClFNO3S. The lowest BCUT2D eigenvalue weighted by atomic mass is 10.3. The number of halogens is 2. The first-order valence-electron chi connectivity index (χ1n) is 5.91. The van der Waals surface area contributed by atoms with Gasteiger partial charge in [0.15, 0.2) is 0 Å². The molecule has 0 N–H and O–H groups in total. The summed E-state index contributed by atoms with van der Waals surface area (Å²) in [6.07, 6.45) is -0.344. The number of rotatable bonds is 2. The zero-order chi connectivity index (χ0) is 14.2. The maximum Gasteiger partial charge on any atom is 0.243 e. The predicted molar refractivity (Wildman–Crippen MR) is 70.2 cm³/mol. The van der Waals surface area contributed by atoms with Crippen molar-refractivity contribution in [2.24, 2.45) is 0 Å². The average molecular weight is 308 g/mol. The summed E-state index contributed by atoms with van der Waals surface area (Å²) in [7, 11) is -3.66. The van der Waals surface area contributed by atoms with Gasteiger partial charge in [-0.25, -0.2) is 12.8 Å². The van der Waals surface area contributed by atoms with Crippen molar-refractivity contribution < 1.29 is 17.5 Å². The first-order chi connectivity index (χ1) is 8.80. The van der Waals surface area contributed by atoms with Crippen molar-refractivity contribution in [3.05, 3.63) is 29.0 Å². The molecule has 1 saturated heterocycles. The number of sulfonamides is 1. The van der Waals surface area contributed by atoms with Crippen LogP contribution in [0.25, 0.3) is 0 Å². The summed E-state index contributed by atoms with van der Waals surface area (Å²) < 4.78 is 44.8. The van der Waals surface area contributed by atoms with E-state index in [9.17, 15) is 12.8 Å². The van der Waals surface area contributed by atoms with Gasteiger partial charge in [-0.2, -0.15) is 4.31 Å². The van der Waals surface area contributed by atoms with Crippen LogP contribution in [0.5, 0.6) is 0 Å². The van der Waals surface area contributed by atoms with Crippen molar-refractivity contribution >= 4 is 21.6 Å². The molecule has 7 heteroatoms. The van der Waals surface area contributed by atoms with Gasteiger partial charge in [-0.05, 0) is 32.0 Å². The first kappa shape index (κ1) is 14.7. The molecule has 4 nitrogen and oxygen atoms in total. The highest BCUT2D eigenvalue weighted by Gasteiger charge is 2.32. The van der Waals surface area contributed by atoms with Crippen molar-refractivity contribution in [3.63, 3.8) is 0 Å². The van der Waals surface area contributed by atoms with Gasteiger partial charge in [0.25, 0.3) is 0 Å². The Labute approximate surface area is 117 Å². The molecule has 2 atom stereocenters. The molecule has 1 aromatic rings. The fourth-order valence-electron chi connectivity index (χ4n) is 2.11. The number of nitrogens with zero attached hydrogens (tertiary/aromatic N) is 1. The van der Waals surface area contributed by atoms with Gasteiger partial charge in [0, 0.05) is 13.1 Å². The highest BCUT2D eigenvalue weighted by Crippen LogP contribution is 2.24. The fraction of sp³-hybridized carbons (Fsp3) is 0.500. The number of ether oxygens (including phenoxy) is 1. The second-order valence-electron chi connectivity index (χ2n) is 4.66. The van der Waals surface area contributed by atoms with Crippen molar-refractivity contribution in [1.29, 1.82) is 0 Å². The van der Waals surface area contributed by atoms with E-state index >= 15 is 0 Å². The van der Waals surface area contributed by atoms with Gasteiger partial charge >= 0.3 is 0 Å². The quantitative estimate of drug-likeness (QED) is 0.842. The number of morpholine rings is 1. The van der Waals surface area contributed by atoms with E-state index in [-0.39, 0.29) is 35.2 Å². The molecule has 1 aliphatic heterocycles. The average Bonchev–Trinajstić information content (AvgIpc) is 2.31. The number of benzene rings is 1. The molecule has 0 bridgehead atoms. The van der Waals surface area contributed by atoms with Gasteiger partial charge in [-0.15, -0.1) is 0 Å². The molecule has 19 heavy (non-hydrogen) atoms. The van der Waals surface area contributed by atoms with E-state index < -0.39 is 15.8 Å². The van der Waals surface area contributed by atoms with Crippen LogP contribution < -0.4 is 0 Å². The summed E-state index contributed by atoms with van der Waals surface area (Å²) in [5.41, 5.74) is 0. The molecule has 0 aliphatic carbocycles. The number of hydrogen-bond donors (Lipinski definition) is 0. The molecule has 1 heterocycles. The molecule has 106 valence electrons. The summed E-state index contributed by atoms with van der Waals surface area (Å²) >= 11 is 5.63. The third kappa shape index (κ3) is 3.08. The van der Waals surface area contributed by atoms with Crippen molar-refractivity contribution in [2.45, 2.75) is 31.0 Å². The minimum atomic E-state index is -3.66. The minimum Gasteiger partial charge on any atom is -0.373 e. The molecule has 0 aromatic heterocycles. The largest absolute Gasteiger partial charge is 0.373 e. The van der Waals surface area contributed by atoms with E-state index in [1.807, 2.05) is 13.8 Å². The summed E-state index contributed by atoms with van der Waals surface area (Å²) in [6, 6.07) is 3.42. The van der Waals surface area contributed by atoms with E-state index in [0.717, 1.165) is 12.1 Å². The highest BCUT2D eigenvalue weighted by molar-refractivity contribution is 7.89. The predicted octanol–water partition coefficient (Wildman–Crippen LogP) is 2.28. The monoisotopic (exact) mass is 307 g/mol. The van der Waals surface area contributed by atoms with Crippen molar-refractivity contribution in [2.75, 3.05) is 13.1 Å². The van der Waals surface area contributed by atoms with Crippen LogP contribution in [0.15, 0.2) is 23.1 Å². The van der Waals surface area contributed by atoms with Crippen LogP contribution >= 0.6 is 11.6 Å². The van der Waals surface area contributed by atoms with E-state index in [0.29, 0.717) is 0 Å². The third-order valence-corrected chi connectivity index (χ3v) is 5.03. The van der Waals surface area contributed by atoms with Crippen LogP contribution in [-0.4, -0.2) is 38.0 Å². The Kier molecular flexibility index (Phi) is 4.15. The summed E-state index contributed by atoms with van der Waals surface area (Å²) in [5, 5.41) is -0.199. The second-order valence-corrected chi connectivity index (χ2v) is 7.00. The van der Waals surface area contributed by atoms with Crippen LogP contribution in [-0.2, 0) is 14.8 Å². The molecule has 0 radical (unpaired) electrons. The van der Waals surface area contributed by atoms with Crippen molar-refractivity contribution in [1.82, 2.24) is 4.31 Å². The normalized spacial score (nSPS) is 25.5. The van der Waals surface area contributed by atoms with Crippen LogP contribution in [0.2, 0.25) is 5.02 Å². The van der Waals surface area contributed by atoms with Crippen LogP contribution in [0.4, 0.5) is 4.39 Å². The zero-order valence-corrected chi connectivity index (χ0v) is 12.2. The molecule has 0 amide bonds. The van der Waals surface area contributed by atoms with Crippen LogP contribution in [0, 0.1) is 5.82 Å². The molecule has 0 saturated carbocycles. The SMILES string of the molecule is C[C@H]1CN(S(=O)(=O)c2ccc(F)c(Cl)c2)C[C@H](C)O1. The fourth-order valence-corrected chi connectivity index (χ4v) is 3.98. The Morgan fingerprint density at radius 3 is 2.42 bits per heavy atom. The van der Waals surface area contributed by atoms with Gasteiger partial charge < -0.3 is 4.74 Å². The molecule has 1 aliphatic rings. The lowest BCUT2D eigenvalue weighted by Crippen LogP contribution is -2.48. The Hall–Kier alpha value is -0.690. The molecule has 1 fully saturated rings. The molecule has 1 aromatic carbocycles. The molecule has 0 unspecified atom stereocenters. The highest BCUT2D eigenvalue weighted by atomic mass is 35.5. The van der Waals surface area contributed by atoms with E-state index in [4.69, 9.17) is 16.3 Å². The first-order valence-corrected chi connectivity index (χ1v) is 7.73. The number of hydrogen-bond acceptors (Lipinski definition) is 3. The smallest absolute Gasteiger partial charge is 0.243 e. The van der Waals surface area contributed by atoms with Crippen LogP contribution in [0.3, 0.4) is 0 Å². The Balaban J connectivity index is 2.33. The Bertz CT molecular complexity index is 568. The topological polar surface area (TPSA) is 46.6 Å². The van der Waals surface area contributed by atoms with Gasteiger partial charge in [-0.1, -0.05) is 11.6 Å². The lowest BCUT2D eigenvalue weighted by molar-refractivity contribution is -0.0440. The Morgan fingerprint density at radius 2 is 1.89 bits per heavy atom. The molecule has 2 rings (SSSR count). The van der Waals surface area contributed by atoms with E-state index in [1.165, 1.54) is 10.4 Å². The van der Waals surface area contributed by atoms with E-state index in [2.05, 4.69) is 0 Å². The maximum atomic E-state index is 13.1. The standard InChI is InChI=1S/C12H15ClFNO3S/c1-8-6-15(7-9(2)18-8)19(16,17)10-3-4-12(14)11(13)5-10/h3-5,8-9H,6-7H2,1-2H3/t8-,9-/m0/s1. The zero-order valence-electron chi connectivity index (χ0n) is 10.6. The van der Waals surface area contributed by atoms with Gasteiger partial charge in [-0.3, -0.25) is 0 Å². The minimum absolute atomic E-state index is 0.000185. The van der Waals surface area contributed by atoms with Gasteiger partial charge in [0.1, 0.15) is 5.82 Å². The summed E-state index contributed by atoms with van der Waals surface area (Å²) in [5.74, 6) is -0.635. The maximum absolute atomic E-state index is 13.1. The summed E-state index contributed by atoms with van der Waals surface area (Å²) in [4.78, 5) is 0.000185. The van der Waals surface area contributed by atoms with E-state index in [1.54, 1.807) is 0 Å². The Morgan fingerprint density at radius 1 is 1.32 bits per heavy atom. The third-order valence-electron chi connectivity index (χ3n) is 2.91. The van der Waals surface area contributed by atoms with Crippen molar-refractivity contribution in [3.8, 4) is 0 Å². The van der Waals surface area contributed by atoms with Crippen LogP contribution in [0.1, 0.15) is 13.8 Å². The summed E-state index contributed by atoms with van der Waals surface area (Å²) in [6.45, 7) is 4.19. The van der Waals surface area contributed by atoms with Gasteiger partial charge in [0.2, 0.25) is 10.0 Å². The lowest BCUT2D eigenvalue weighted by Gasteiger charge is -2.34. The molecule has 0 spiro atoms. The van der Waals surface area contributed by atoms with Gasteiger partial charge in [0.05, 0.1) is 22.1 Å².